The van der Waals surface area contributed by atoms with Crippen LogP contribution in [0.25, 0.3) is 6.08 Å². The van der Waals surface area contributed by atoms with Crippen LogP contribution in [0.5, 0.6) is 0 Å². The molecule has 28 heavy (non-hydrogen) atoms. The van der Waals surface area contributed by atoms with Crippen molar-refractivity contribution in [3.05, 3.63) is 42.0 Å². The predicted octanol–water partition coefficient (Wildman–Crippen LogP) is 8.56. The molecule has 0 saturated carbocycles. The summed E-state index contributed by atoms with van der Waals surface area (Å²) in [5.41, 5.74) is 1.83. The number of hydrogen-bond donors (Lipinski definition) is 0. The zero-order chi connectivity index (χ0) is 22.0. The summed E-state index contributed by atoms with van der Waals surface area (Å²) in [5, 5.41) is 0. The topological polar surface area (TPSA) is 26.3 Å². The van der Waals surface area contributed by atoms with Gasteiger partial charge in [-0.3, -0.25) is 0 Å². The molecule has 0 amide bonds. The van der Waals surface area contributed by atoms with E-state index < -0.39 is 0 Å². The van der Waals surface area contributed by atoms with Gasteiger partial charge in [-0.15, -0.1) is 0 Å². The summed E-state index contributed by atoms with van der Waals surface area (Å²) >= 11 is 0. The second-order valence-corrected chi connectivity index (χ2v) is 7.99. The van der Waals surface area contributed by atoms with Crippen LogP contribution in [0.1, 0.15) is 110 Å². The van der Waals surface area contributed by atoms with E-state index in [0.29, 0.717) is 12.2 Å². The molecule has 162 valence electrons. The Bertz CT molecular complexity index is 500. The Balaban J connectivity index is 0. The van der Waals surface area contributed by atoms with Crippen molar-refractivity contribution in [1.82, 2.24) is 0 Å². The molecular weight excluding hydrogens is 344 g/mol. The minimum absolute atomic E-state index is 0.223. The summed E-state index contributed by atoms with van der Waals surface area (Å²) in [6.45, 7) is 21.5. The lowest BCUT2D eigenvalue weighted by molar-refractivity contribution is 0.0452. The average molecular weight is 391 g/mol. The molecule has 0 saturated heterocycles. The summed E-state index contributed by atoms with van der Waals surface area (Å²) in [6, 6.07) is 7.33. The first kappa shape index (κ1) is 28.6. The minimum atomic E-state index is -0.240. The van der Waals surface area contributed by atoms with Crippen molar-refractivity contribution in [1.29, 1.82) is 0 Å². The van der Waals surface area contributed by atoms with Crippen molar-refractivity contribution in [3.8, 4) is 0 Å². The molecule has 0 bridgehead atoms. The quantitative estimate of drug-likeness (QED) is 0.374. The molecule has 0 aliphatic rings. The second kappa shape index (κ2) is 17.5. The molecule has 1 aromatic rings. The van der Waals surface area contributed by atoms with E-state index in [2.05, 4.69) is 48.1 Å². The van der Waals surface area contributed by atoms with Crippen LogP contribution in [0.3, 0.4) is 0 Å². The van der Waals surface area contributed by atoms with Crippen LogP contribution in [-0.2, 0) is 4.74 Å². The van der Waals surface area contributed by atoms with Gasteiger partial charge in [-0.25, -0.2) is 4.79 Å². The maximum atomic E-state index is 12.0. The van der Waals surface area contributed by atoms with Crippen molar-refractivity contribution in [2.45, 2.75) is 93.9 Å². The van der Waals surface area contributed by atoms with E-state index in [0.717, 1.165) is 17.9 Å². The fourth-order valence-corrected chi connectivity index (χ4v) is 2.52. The van der Waals surface area contributed by atoms with Gasteiger partial charge < -0.3 is 4.74 Å². The summed E-state index contributed by atoms with van der Waals surface area (Å²) in [7, 11) is 0. The van der Waals surface area contributed by atoms with Crippen LogP contribution in [0.2, 0.25) is 0 Å². The number of benzene rings is 1. The molecule has 0 aliphatic heterocycles. The molecule has 0 heterocycles. The van der Waals surface area contributed by atoms with Crippen molar-refractivity contribution in [2.24, 2.45) is 11.3 Å². The number of rotatable bonds is 10. The molecule has 0 fully saturated rings. The molecule has 0 aliphatic carbocycles. The van der Waals surface area contributed by atoms with Crippen molar-refractivity contribution in [3.63, 3.8) is 0 Å². The van der Waals surface area contributed by atoms with Gasteiger partial charge in [0.2, 0.25) is 0 Å². The molecule has 1 atom stereocenters. The molecule has 2 nitrogen and oxygen atoms in total. The third kappa shape index (κ3) is 14.5. The molecular formula is C26H46O2. The molecule has 2 heteroatoms. The minimum Gasteiger partial charge on any atom is -0.462 e. The van der Waals surface area contributed by atoms with Crippen LogP contribution in [0.4, 0.5) is 0 Å². The lowest BCUT2D eigenvalue weighted by atomic mass is 9.83. The van der Waals surface area contributed by atoms with Gasteiger partial charge in [0.15, 0.2) is 0 Å². The van der Waals surface area contributed by atoms with Gasteiger partial charge in [-0.1, -0.05) is 106 Å². The van der Waals surface area contributed by atoms with Crippen molar-refractivity contribution < 1.29 is 9.53 Å². The highest BCUT2D eigenvalue weighted by molar-refractivity contribution is 5.89. The lowest BCUT2D eigenvalue weighted by Gasteiger charge is -2.25. The highest BCUT2D eigenvalue weighted by Crippen LogP contribution is 2.28. The molecule has 1 aromatic carbocycles. The molecule has 0 spiro atoms. The Labute approximate surface area is 175 Å². The number of carbonyl (C=O) groups is 1. The van der Waals surface area contributed by atoms with Gasteiger partial charge >= 0.3 is 5.97 Å². The van der Waals surface area contributed by atoms with Gasteiger partial charge in [0, 0.05) is 0 Å². The smallest absolute Gasteiger partial charge is 0.338 e. The third-order valence-corrected chi connectivity index (χ3v) is 4.64. The molecule has 0 aromatic heterocycles. The SMILES string of the molecule is C=Cc1ccc(C(=O)OCCC(C)(C)CCCC(C)CC)cc1.CC.CCC. The van der Waals surface area contributed by atoms with E-state index in [-0.39, 0.29) is 11.4 Å². The number of ether oxygens (including phenoxy) is 1. The monoisotopic (exact) mass is 390 g/mol. The molecule has 0 radical (unpaired) electrons. The standard InChI is InChI=1S/C21H32O2.C3H8.C2H6/c1-6-17(3)9-8-14-21(4,5)15-16-23-20(22)19-12-10-18(7-2)11-13-19;1-3-2;1-2/h7,10-13,17H,2,6,8-9,14-16H2,1,3-5H3;3H2,1-2H3;1-2H3. The van der Waals surface area contributed by atoms with Gasteiger partial charge in [0.1, 0.15) is 0 Å². The van der Waals surface area contributed by atoms with Gasteiger partial charge in [0.05, 0.1) is 12.2 Å². The van der Waals surface area contributed by atoms with Crippen LogP contribution in [0.15, 0.2) is 30.8 Å². The Morgan fingerprint density at radius 1 is 1.11 bits per heavy atom. The van der Waals surface area contributed by atoms with Crippen LogP contribution >= 0.6 is 0 Å². The van der Waals surface area contributed by atoms with E-state index in [4.69, 9.17) is 4.74 Å². The average Bonchev–Trinajstić information content (AvgIpc) is 2.69. The number of hydrogen-bond acceptors (Lipinski definition) is 2. The van der Waals surface area contributed by atoms with Crippen LogP contribution < -0.4 is 0 Å². The second-order valence-electron chi connectivity index (χ2n) is 7.99. The Kier molecular flexibility index (Phi) is 17.9. The van der Waals surface area contributed by atoms with Gasteiger partial charge in [0.25, 0.3) is 0 Å². The Morgan fingerprint density at radius 2 is 1.64 bits per heavy atom. The zero-order valence-corrected chi connectivity index (χ0v) is 19.9. The molecule has 0 N–H and O–H groups in total. The van der Waals surface area contributed by atoms with Crippen LogP contribution in [-0.4, -0.2) is 12.6 Å². The van der Waals surface area contributed by atoms with Crippen LogP contribution in [0, 0.1) is 11.3 Å². The zero-order valence-electron chi connectivity index (χ0n) is 19.9. The maximum absolute atomic E-state index is 12.0. The van der Waals surface area contributed by atoms with E-state index in [1.54, 1.807) is 18.2 Å². The Hall–Kier alpha value is -1.57. The summed E-state index contributed by atoms with van der Waals surface area (Å²) in [5.74, 6) is 0.568. The summed E-state index contributed by atoms with van der Waals surface area (Å²) in [4.78, 5) is 12.0. The van der Waals surface area contributed by atoms with Gasteiger partial charge in [-0.05, 0) is 41.9 Å². The van der Waals surface area contributed by atoms with Crippen molar-refractivity contribution >= 4 is 12.0 Å². The highest BCUT2D eigenvalue weighted by atomic mass is 16.5. The van der Waals surface area contributed by atoms with E-state index in [9.17, 15) is 4.79 Å². The largest absolute Gasteiger partial charge is 0.462 e. The fraction of sp³-hybridized carbons (Fsp3) is 0.654. The van der Waals surface area contributed by atoms with Crippen molar-refractivity contribution in [2.75, 3.05) is 6.61 Å². The normalized spacial score (nSPS) is 11.3. The first-order valence-corrected chi connectivity index (χ1v) is 11.2. The van der Waals surface area contributed by atoms with E-state index in [1.165, 1.54) is 32.1 Å². The van der Waals surface area contributed by atoms with E-state index in [1.807, 2.05) is 26.0 Å². The number of esters is 1. The maximum Gasteiger partial charge on any atom is 0.338 e. The first-order chi connectivity index (χ1) is 13.3. The molecule has 1 rings (SSSR count). The van der Waals surface area contributed by atoms with Gasteiger partial charge in [-0.2, -0.15) is 0 Å². The summed E-state index contributed by atoms with van der Waals surface area (Å²) < 4.78 is 5.42. The highest BCUT2D eigenvalue weighted by Gasteiger charge is 2.19. The van der Waals surface area contributed by atoms with E-state index >= 15 is 0 Å². The molecule has 1 unspecified atom stereocenters. The lowest BCUT2D eigenvalue weighted by Crippen LogP contribution is -2.17. The third-order valence-electron chi connectivity index (χ3n) is 4.64. The number of carbonyl (C=O) groups excluding carboxylic acids is 1. The first-order valence-electron chi connectivity index (χ1n) is 11.2. The summed E-state index contributed by atoms with van der Waals surface area (Å²) in [6.07, 6.45) is 8.89. The fourth-order valence-electron chi connectivity index (χ4n) is 2.52. The predicted molar refractivity (Wildman–Crippen MR) is 126 cm³/mol. The Morgan fingerprint density at radius 3 is 2.11 bits per heavy atom.